The molecule has 2 aromatic carbocycles. The number of benzene rings is 2. The third kappa shape index (κ3) is 5.53. The van der Waals surface area contributed by atoms with E-state index in [-0.39, 0.29) is 5.91 Å². The maximum Gasteiger partial charge on any atom is 0.253 e. The summed E-state index contributed by atoms with van der Waals surface area (Å²) in [4.78, 5) is 17.5. The van der Waals surface area contributed by atoms with Crippen LogP contribution in [0.3, 0.4) is 0 Å². The fourth-order valence-electron chi connectivity index (χ4n) is 4.90. The number of hydrogen-bond donors (Lipinski definition) is 0. The van der Waals surface area contributed by atoms with Crippen LogP contribution in [-0.4, -0.2) is 48.0 Å². The minimum Gasteiger partial charge on any atom is -0.493 e. The summed E-state index contributed by atoms with van der Waals surface area (Å²) in [5.74, 6) is 1.02. The number of carbonyl (C=O) groups is 1. The topological polar surface area (TPSA) is 32.8 Å². The minimum absolute atomic E-state index is 0.0992. The predicted molar refractivity (Wildman–Crippen MR) is 130 cm³/mol. The first-order valence-electron chi connectivity index (χ1n) is 12.5. The third-order valence-corrected chi connectivity index (χ3v) is 7.07. The van der Waals surface area contributed by atoms with Crippen molar-refractivity contribution in [3.63, 3.8) is 0 Å². The van der Waals surface area contributed by atoms with Gasteiger partial charge in [-0.25, -0.2) is 0 Å². The fourth-order valence-corrected chi connectivity index (χ4v) is 4.90. The number of rotatable bonds is 4. The lowest BCUT2D eigenvalue weighted by Crippen LogP contribution is -2.40. The van der Waals surface area contributed by atoms with E-state index >= 15 is 0 Å². The summed E-state index contributed by atoms with van der Waals surface area (Å²) in [7, 11) is 0. The van der Waals surface area contributed by atoms with Gasteiger partial charge in [0.1, 0.15) is 5.75 Å². The van der Waals surface area contributed by atoms with Gasteiger partial charge in [-0.2, -0.15) is 0 Å². The summed E-state index contributed by atoms with van der Waals surface area (Å²) in [6.07, 6.45) is 8.34. The zero-order valence-electron chi connectivity index (χ0n) is 19.8. The Balaban J connectivity index is 1.61. The van der Waals surface area contributed by atoms with E-state index in [0.29, 0.717) is 0 Å². The molecular formula is C28H38N2O2. The average Bonchev–Trinajstić information content (AvgIpc) is 2.76. The van der Waals surface area contributed by atoms with Gasteiger partial charge < -0.3 is 9.64 Å². The minimum atomic E-state index is 0.0992. The molecule has 2 aromatic rings. The van der Waals surface area contributed by atoms with Crippen LogP contribution in [0, 0.1) is 0 Å². The van der Waals surface area contributed by atoms with Crippen LogP contribution in [0.25, 0.3) is 0 Å². The highest BCUT2D eigenvalue weighted by Crippen LogP contribution is 2.29. The second-order valence-electron chi connectivity index (χ2n) is 9.26. The second-order valence-corrected chi connectivity index (χ2v) is 9.26. The Labute approximate surface area is 193 Å². The monoisotopic (exact) mass is 434 g/mol. The molecule has 4 heteroatoms. The summed E-state index contributed by atoms with van der Waals surface area (Å²) >= 11 is 0. The van der Waals surface area contributed by atoms with Crippen molar-refractivity contribution in [2.24, 2.45) is 0 Å². The van der Waals surface area contributed by atoms with Crippen LogP contribution < -0.4 is 4.74 Å². The molecule has 4 nitrogen and oxygen atoms in total. The zero-order valence-corrected chi connectivity index (χ0v) is 19.8. The van der Waals surface area contributed by atoms with Crippen LogP contribution in [0.4, 0.5) is 0 Å². The summed E-state index contributed by atoms with van der Waals surface area (Å²) in [6, 6.07) is 15.7. The van der Waals surface area contributed by atoms with E-state index in [1.165, 1.54) is 49.8 Å². The van der Waals surface area contributed by atoms with E-state index < -0.39 is 0 Å². The van der Waals surface area contributed by atoms with Crippen molar-refractivity contribution in [3.8, 4) is 5.75 Å². The number of ether oxygens (including phenoxy) is 1. The molecule has 0 aromatic heterocycles. The highest BCUT2D eigenvalue weighted by Gasteiger charge is 2.24. The molecule has 4 rings (SSSR count). The van der Waals surface area contributed by atoms with Gasteiger partial charge in [-0.15, -0.1) is 0 Å². The number of carbonyl (C=O) groups excluding carboxylic acids is 1. The first-order chi connectivity index (χ1) is 15.7. The third-order valence-electron chi connectivity index (χ3n) is 7.07. The molecule has 1 heterocycles. The Hall–Kier alpha value is -2.33. The van der Waals surface area contributed by atoms with Crippen LogP contribution in [0.15, 0.2) is 42.5 Å². The normalized spacial score (nSPS) is 18.1. The van der Waals surface area contributed by atoms with Gasteiger partial charge in [-0.05, 0) is 87.4 Å². The molecule has 1 amide bonds. The predicted octanol–water partition coefficient (Wildman–Crippen LogP) is 5.68. The number of hydrogen-bond acceptors (Lipinski definition) is 3. The van der Waals surface area contributed by atoms with E-state index in [1.807, 2.05) is 30.9 Å². The molecule has 32 heavy (non-hydrogen) atoms. The second kappa shape index (κ2) is 11.0. The molecule has 1 fully saturated rings. The first-order valence-corrected chi connectivity index (χ1v) is 12.5. The maximum absolute atomic E-state index is 12.9. The van der Waals surface area contributed by atoms with Crippen LogP contribution >= 0.6 is 0 Å². The van der Waals surface area contributed by atoms with Crippen molar-refractivity contribution in [1.29, 1.82) is 0 Å². The summed E-state index contributed by atoms with van der Waals surface area (Å²) in [6.45, 7) is 8.47. The standard InChI is InChI=1S/C28H38N2O2/c1-3-29(4-2)28(31)24-14-15-27-25(20-24)19-22-10-8-11-23(18-22)21-30(26-12-9-13-26)16-6-5-7-17-32-27/h8,10-11,14-15,18,20,26H,3-7,9,12-13,16-17,19,21H2,1-2H3. The quantitative estimate of drug-likeness (QED) is 0.621. The SMILES string of the molecule is CCN(CC)C(=O)c1ccc2c(c1)Cc1cccc(c1)CN(C1CCC1)CCCCCO2. The highest BCUT2D eigenvalue weighted by molar-refractivity contribution is 5.94. The highest BCUT2D eigenvalue weighted by atomic mass is 16.5. The van der Waals surface area contributed by atoms with Crippen molar-refractivity contribution in [2.45, 2.75) is 71.4 Å². The Morgan fingerprint density at radius 1 is 1.00 bits per heavy atom. The summed E-state index contributed by atoms with van der Waals surface area (Å²) < 4.78 is 6.22. The molecule has 1 aliphatic heterocycles. The largest absolute Gasteiger partial charge is 0.493 e. The van der Waals surface area contributed by atoms with Crippen molar-refractivity contribution in [1.82, 2.24) is 9.80 Å². The summed E-state index contributed by atoms with van der Waals surface area (Å²) in [5.41, 5.74) is 4.53. The van der Waals surface area contributed by atoms with Crippen molar-refractivity contribution < 1.29 is 9.53 Å². The molecule has 0 atom stereocenters. The van der Waals surface area contributed by atoms with E-state index in [1.54, 1.807) is 0 Å². The first kappa shape index (κ1) is 22.8. The lowest BCUT2D eigenvalue weighted by molar-refractivity contribution is 0.0773. The van der Waals surface area contributed by atoms with Crippen LogP contribution in [0.5, 0.6) is 5.75 Å². The smallest absolute Gasteiger partial charge is 0.253 e. The number of nitrogens with zero attached hydrogens (tertiary/aromatic N) is 2. The molecule has 0 radical (unpaired) electrons. The lowest BCUT2D eigenvalue weighted by Gasteiger charge is -2.38. The number of amides is 1. The van der Waals surface area contributed by atoms with Crippen molar-refractivity contribution in [2.75, 3.05) is 26.2 Å². The molecule has 0 saturated heterocycles. The van der Waals surface area contributed by atoms with Crippen LogP contribution in [0.2, 0.25) is 0 Å². The van der Waals surface area contributed by atoms with Crippen LogP contribution in [-0.2, 0) is 13.0 Å². The van der Waals surface area contributed by atoms with Gasteiger partial charge in [-0.1, -0.05) is 30.7 Å². The van der Waals surface area contributed by atoms with Gasteiger partial charge in [0.05, 0.1) is 6.61 Å². The zero-order chi connectivity index (χ0) is 22.3. The molecule has 2 aliphatic rings. The Kier molecular flexibility index (Phi) is 7.85. The van der Waals surface area contributed by atoms with Crippen molar-refractivity contribution in [3.05, 3.63) is 64.7 Å². The average molecular weight is 435 g/mol. The molecule has 0 spiro atoms. The molecule has 172 valence electrons. The van der Waals surface area contributed by atoms with Gasteiger partial charge in [0, 0.05) is 37.7 Å². The molecule has 1 aliphatic carbocycles. The lowest BCUT2D eigenvalue weighted by atomic mass is 9.90. The van der Waals surface area contributed by atoms with E-state index in [0.717, 1.165) is 62.0 Å². The van der Waals surface area contributed by atoms with Crippen molar-refractivity contribution >= 4 is 5.91 Å². The molecular weight excluding hydrogens is 396 g/mol. The maximum atomic E-state index is 12.9. The van der Waals surface area contributed by atoms with E-state index in [2.05, 4.69) is 35.2 Å². The Bertz CT molecular complexity index is 902. The molecule has 1 saturated carbocycles. The molecule has 2 bridgehead atoms. The van der Waals surface area contributed by atoms with Gasteiger partial charge in [0.2, 0.25) is 0 Å². The molecule has 0 N–H and O–H groups in total. The van der Waals surface area contributed by atoms with Gasteiger partial charge >= 0.3 is 0 Å². The van der Waals surface area contributed by atoms with Gasteiger partial charge in [-0.3, -0.25) is 9.69 Å². The number of fused-ring (bicyclic) bond motifs is 3. The molecule has 0 unspecified atom stereocenters. The van der Waals surface area contributed by atoms with E-state index in [4.69, 9.17) is 4.74 Å². The van der Waals surface area contributed by atoms with Gasteiger partial charge in [0.25, 0.3) is 5.91 Å². The Morgan fingerprint density at radius 2 is 1.81 bits per heavy atom. The van der Waals surface area contributed by atoms with Crippen LogP contribution in [0.1, 0.15) is 79.4 Å². The van der Waals surface area contributed by atoms with Gasteiger partial charge in [0.15, 0.2) is 0 Å². The Morgan fingerprint density at radius 3 is 2.56 bits per heavy atom. The fraction of sp³-hybridized carbons (Fsp3) is 0.536. The van der Waals surface area contributed by atoms with E-state index in [9.17, 15) is 4.79 Å². The summed E-state index contributed by atoms with van der Waals surface area (Å²) in [5, 5.41) is 0.